The van der Waals surface area contributed by atoms with E-state index in [1.54, 1.807) is 0 Å². The first-order valence-electron chi connectivity index (χ1n) is 3.03. The van der Waals surface area contributed by atoms with Gasteiger partial charge in [-0.15, -0.1) is 4.52 Å². The van der Waals surface area contributed by atoms with Gasteiger partial charge < -0.3 is 0 Å². The lowest BCUT2D eigenvalue weighted by molar-refractivity contribution is 0.340. The molecule has 0 aromatic heterocycles. The molecule has 1 atom stereocenters. The second-order valence-electron chi connectivity index (χ2n) is 1.96. The second kappa shape index (κ2) is 4.86. The molecule has 0 heterocycles. The van der Waals surface area contributed by atoms with E-state index in [0.717, 1.165) is 0 Å². The van der Waals surface area contributed by atoms with Crippen molar-refractivity contribution in [1.82, 2.24) is 5.09 Å². The lowest BCUT2D eigenvalue weighted by Gasteiger charge is -1.92. The van der Waals surface area contributed by atoms with Gasteiger partial charge in [-0.2, -0.15) is 0 Å². The van der Waals surface area contributed by atoms with E-state index >= 15 is 0 Å². The van der Waals surface area contributed by atoms with Crippen molar-refractivity contribution in [3.05, 3.63) is 0 Å². The van der Waals surface area contributed by atoms with Gasteiger partial charge in [0.1, 0.15) is 6.61 Å². The minimum atomic E-state index is -1.62. The highest BCUT2D eigenvalue weighted by molar-refractivity contribution is 7.36. The van der Waals surface area contributed by atoms with Gasteiger partial charge in [-0.25, -0.2) is 0 Å². The van der Waals surface area contributed by atoms with E-state index in [0.29, 0.717) is 6.61 Å². The van der Waals surface area contributed by atoms with Crippen LogP contribution in [0.1, 0.15) is 20.8 Å². The van der Waals surface area contributed by atoms with Crippen LogP contribution in [0.2, 0.25) is 0 Å². The molecule has 0 spiro atoms. The van der Waals surface area contributed by atoms with E-state index in [4.69, 9.17) is 4.52 Å². The highest BCUT2D eigenvalue weighted by Gasteiger charge is 2.16. The summed E-state index contributed by atoms with van der Waals surface area (Å²) >= 11 is 0. The highest BCUT2D eigenvalue weighted by Crippen LogP contribution is 2.15. The summed E-state index contributed by atoms with van der Waals surface area (Å²) in [6, 6.07) is 0.222. The summed E-state index contributed by atoms with van der Waals surface area (Å²) < 4.78 is 15.4. The Balaban J connectivity index is 3.27. The molecule has 0 radical (unpaired) electrons. The average molecular weight is 150 g/mol. The van der Waals surface area contributed by atoms with Crippen LogP contribution >= 0.6 is 8.18 Å². The fourth-order valence-corrected chi connectivity index (χ4v) is 1.10. The highest BCUT2D eigenvalue weighted by atomic mass is 31.1. The van der Waals surface area contributed by atoms with Crippen LogP contribution in [0.15, 0.2) is 0 Å². The van der Waals surface area contributed by atoms with Gasteiger partial charge in [-0.05, 0) is 25.3 Å². The molecule has 0 aromatic rings. The molecule has 0 amide bonds. The maximum Gasteiger partial charge on any atom is 0.613 e. The summed E-state index contributed by atoms with van der Waals surface area (Å²) in [7, 11) is -1.62. The predicted octanol–water partition coefficient (Wildman–Crippen LogP) is 1.68. The molecular formula is C5H13NO2P+. The maximum absolute atomic E-state index is 10.7. The number of hydrogen-bond donors (Lipinski definition) is 1. The Hall–Kier alpha value is 0.0200. The third-order valence-electron chi connectivity index (χ3n) is 0.610. The van der Waals surface area contributed by atoms with Crippen LogP contribution in [0.25, 0.3) is 0 Å². The van der Waals surface area contributed by atoms with Crippen LogP contribution in [0.3, 0.4) is 0 Å². The third kappa shape index (κ3) is 5.90. The predicted molar refractivity (Wildman–Crippen MR) is 37.5 cm³/mol. The van der Waals surface area contributed by atoms with Gasteiger partial charge in [0.15, 0.2) is 0 Å². The number of hydrogen-bond acceptors (Lipinski definition) is 2. The second-order valence-corrected chi connectivity index (χ2v) is 2.99. The molecule has 0 fully saturated rings. The molecule has 0 rings (SSSR count). The quantitative estimate of drug-likeness (QED) is 0.619. The number of nitrogens with one attached hydrogen (secondary N) is 1. The van der Waals surface area contributed by atoms with E-state index in [2.05, 4.69) is 5.09 Å². The summed E-state index contributed by atoms with van der Waals surface area (Å²) in [5, 5.41) is 2.73. The number of rotatable bonds is 4. The van der Waals surface area contributed by atoms with Gasteiger partial charge in [-0.3, -0.25) is 0 Å². The topological polar surface area (TPSA) is 38.3 Å². The molecular weight excluding hydrogens is 137 g/mol. The van der Waals surface area contributed by atoms with Crippen LogP contribution in [-0.4, -0.2) is 12.6 Å². The summed E-state index contributed by atoms with van der Waals surface area (Å²) in [5.41, 5.74) is 0. The molecule has 1 N–H and O–H groups in total. The van der Waals surface area contributed by atoms with E-state index in [1.165, 1.54) is 0 Å². The van der Waals surface area contributed by atoms with E-state index in [9.17, 15) is 4.57 Å². The molecule has 4 heteroatoms. The summed E-state index contributed by atoms with van der Waals surface area (Å²) in [5.74, 6) is 0. The Kier molecular flexibility index (Phi) is 4.87. The first-order chi connectivity index (χ1) is 4.16. The first kappa shape index (κ1) is 9.02. The zero-order valence-corrected chi connectivity index (χ0v) is 6.94. The van der Waals surface area contributed by atoms with Gasteiger partial charge >= 0.3 is 8.18 Å². The summed E-state index contributed by atoms with van der Waals surface area (Å²) in [6.45, 7) is 6.16. The third-order valence-corrected chi connectivity index (χ3v) is 1.83. The van der Waals surface area contributed by atoms with Gasteiger partial charge in [0, 0.05) is 6.04 Å². The van der Waals surface area contributed by atoms with Crippen molar-refractivity contribution >= 4 is 8.18 Å². The molecule has 0 aliphatic heterocycles. The molecule has 1 unspecified atom stereocenters. The van der Waals surface area contributed by atoms with Gasteiger partial charge in [0.25, 0.3) is 0 Å². The molecule has 0 bridgehead atoms. The van der Waals surface area contributed by atoms with Crippen molar-refractivity contribution in [1.29, 1.82) is 0 Å². The molecule has 54 valence electrons. The zero-order chi connectivity index (χ0) is 7.28. The average Bonchev–Trinajstić information content (AvgIpc) is 1.63. The van der Waals surface area contributed by atoms with Gasteiger partial charge in [0.2, 0.25) is 0 Å². The molecule has 0 saturated carbocycles. The van der Waals surface area contributed by atoms with E-state index < -0.39 is 8.18 Å². The van der Waals surface area contributed by atoms with Crippen molar-refractivity contribution in [2.75, 3.05) is 6.61 Å². The molecule has 9 heavy (non-hydrogen) atoms. The molecule has 0 aliphatic carbocycles. The minimum absolute atomic E-state index is 0.222. The van der Waals surface area contributed by atoms with Crippen LogP contribution in [0.4, 0.5) is 0 Å². The lowest BCUT2D eigenvalue weighted by atomic mass is 10.4. The Morgan fingerprint density at radius 3 is 2.56 bits per heavy atom. The normalized spacial score (nSPS) is 12.2. The van der Waals surface area contributed by atoms with Crippen LogP contribution in [-0.2, 0) is 9.09 Å². The summed E-state index contributed by atoms with van der Waals surface area (Å²) in [4.78, 5) is 0. The van der Waals surface area contributed by atoms with Crippen molar-refractivity contribution in [2.45, 2.75) is 26.8 Å². The van der Waals surface area contributed by atoms with Crippen molar-refractivity contribution < 1.29 is 9.09 Å². The molecule has 0 saturated heterocycles. The Labute approximate surface area is 56.7 Å². The first-order valence-corrected chi connectivity index (χ1v) is 4.21. The Morgan fingerprint density at radius 2 is 2.22 bits per heavy atom. The minimum Gasteiger partial charge on any atom is -0.130 e. The van der Waals surface area contributed by atoms with Crippen LogP contribution in [0, 0.1) is 0 Å². The molecule has 3 nitrogen and oxygen atoms in total. The van der Waals surface area contributed by atoms with Crippen LogP contribution < -0.4 is 5.09 Å². The molecule has 0 aliphatic rings. The molecule has 0 aromatic carbocycles. The Bertz CT molecular complexity index is 95.0. The maximum atomic E-state index is 10.7. The Morgan fingerprint density at radius 1 is 1.67 bits per heavy atom. The SMILES string of the molecule is CCO[P+](=O)NC(C)C. The summed E-state index contributed by atoms with van der Waals surface area (Å²) in [6.07, 6.45) is 0. The zero-order valence-electron chi connectivity index (χ0n) is 6.05. The van der Waals surface area contributed by atoms with Gasteiger partial charge in [-0.1, -0.05) is 5.09 Å². The van der Waals surface area contributed by atoms with Gasteiger partial charge in [0.05, 0.1) is 0 Å². The van der Waals surface area contributed by atoms with E-state index in [-0.39, 0.29) is 6.04 Å². The monoisotopic (exact) mass is 150 g/mol. The van der Waals surface area contributed by atoms with E-state index in [1.807, 2.05) is 20.8 Å². The van der Waals surface area contributed by atoms with Crippen molar-refractivity contribution in [2.24, 2.45) is 0 Å². The van der Waals surface area contributed by atoms with Crippen molar-refractivity contribution in [3.63, 3.8) is 0 Å². The smallest absolute Gasteiger partial charge is 0.130 e. The van der Waals surface area contributed by atoms with Crippen molar-refractivity contribution in [3.8, 4) is 0 Å². The van der Waals surface area contributed by atoms with Crippen LogP contribution in [0.5, 0.6) is 0 Å². The fourth-order valence-electron chi connectivity index (χ4n) is 0.365. The lowest BCUT2D eigenvalue weighted by Crippen LogP contribution is -2.14. The largest absolute Gasteiger partial charge is 0.613 e. The fraction of sp³-hybridized carbons (Fsp3) is 1.00. The standard InChI is InChI=1S/C5H13NO2P/c1-4-8-9(7)6-5(2)3/h5H,4H2,1-3H3,(H,6,7)/q+1.